The zero-order valence-corrected chi connectivity index (χ0v) is 8.54. The molecule has 0 aliphatic carbocycles. The standard InChI is InChI=1S/C7H4ClF4NOS/c8-4-1-2-5(13-3-4)15(14)7(11,12)6(9)10/h1-3,6H. The lowest BCUT2D eigenvalue weighted by Gasteiger charge is -2.13. The molecule has 0 saturated heterocycles. The molecule has 1 atom stereocenters. The molecule has 1 rings (SSSR count). The summed E-state index contributed by atoms with van der Waals surface area (Å²) in [5, 5.41) is -5.11. The highest BCUT2D eigenvalue weighted by atomic mass is 35.5. The Morgan fingerprint density at radius 2 is 2.00 bits per heavy atom. The highest BCUT2D eigenvalue weighted by molar-refractivity contribution is 7.86. The molecule has 0 aliphatic heterocycles. The van der Waals surface area contributed by atoms with Crippen molar-refractivity contribution >= 4 is 22.4 Å². The summed E-state index contributed by atoms with van der Waals surface area (Å²) >= 11 is 5.40. The average molecular weight is 262 g/mol. The summed E-state index contributed by atoms with van der Waals surface area (Å²) in [6, 6.07) is 2.05. The van der Waals surface area contributed by atoms with Gasteiger partial charge in [0.2, 0.25) is 0 Å². The van der Waals surface area contributed by atoms with Crippen molar-refractivity contribution in [2.75, 3.05) is 0 Å². The third-order valence-corrected chi connectivity index (χ3v) is 2.91. The molecule has 15 heavy (non-hydrogen) atoms. The third-order valence-electron chi connectivity index (χ3n) is 1.39. The Morgan fingerprint density at radius 1 is 1.40 bits per heavy atom. The average Bonchev–Trinajstić information content (AvgIpc) is 2.17. The minimum absolute atomic E-state index is 0.135. The maximum Gasteiger partial charge on any atom is 0.386 e. The molecule has 84 valence electrons. The number of rotatable bonds is 3. The lowest BCUT2D eigenvalue weighted by molar-refractivity contribution is -0.0603. The monoisotopic (exact) mass is 261 g/mol. The predicted octanol–water partition coefficient (Wildman–Crippen LogP) is 2.70. The van der Waals surface area contributed by atoms with Crippen molar-refractivity contribution in [1.29, 1.82) is 0 Å². The van der Waals surface area contributed by atoms with Crippen LogP contribution in [0.15, 0.2) is 23.4 Å². The van der Waals surface area contributed by atoms with Gasteiger partial charge in [-0.3, -0.25) is 0 Å². The molecule has 0 N–H and O–H groups in total. The Balaban J connectivity index is 3.00. The summed E-state index contributed by atoms with van der Waals surface area (Å²) in [7, 11) is -3.19. The molecular weight excluding hydrogens is 258 g/mol. The van der Waals surface area contributed by atoms with Crippen molar-refractivity contribution in [3.8, 4) is 0 Å². The molecule has 2 nitrogen and oxygen atoms in total. The van der Waals surface area contributed by atoms with Crippen LogP contribution < -0.4 is 0 Å². The molecule has 0 aromatic carbocycles. The van der Waals surface area contributed by atoms with E-state index in [4.69, 9.17) is 11.6 Å². The van der Waals surface area contributed by atoms with Crippen LogP contribution in [-0.4, -0.2) is 20.9 Å². The number of aromatic nitrogens is 1. The van der Waals surface area contributed by atoms with Gasteiger partial charge in [0.15, 0.2) is 0 Å². The van der Waals surface area contributed by atoms with Gasteiger partial charge in [0.25, 0.3) is 0 Å². The molecule has 0 radical (unpaired) electrons. The Hall–Kier alpha value is -0.690. The SMILES string of the molecule is O=S(c1ccc(Cl)cn1)C(F)(F)C(F)F. The fraction of sp³-hybridized carbons (Fsp3) is 0.286. The summed E-state index contributed by atoms with van der Waals surface area (Å²) in [5.74, 6) is 0. The van der Waals surface area contributed by atoms with E-state index in [2.05, 4.69) is 4.98 Å². The lowest BCUT2D eigenvalue weighted by atomic mass is 10.5. The van der Waals surface area contributed by atoms with Gasteiger partial charge < -0.3 is 0 Å². The molecule has 0 amide bonds. The molecule has 0 bridgehead atoms. The minimum Gasteiger partial charge on any atom is -0.246 e. The Kier molecular flexibility index (Phi) is 3.67. The number of nitrogens with zero attached hydrogens (tertiary/aromatic N) is 1. The van der Waals surface area contributed by atoms with Gasteiger partial charge in [-0.05, 0) is 12.1 Å². The predicted molar refractivity (Wildman–Crippen MR) is 46.6 cm³/mol. The summed E-state index contributed by atoms with van der Waals surface area (Å²) in [4.78, 5) is 3.28. The number of halogens is 5. The van der Waals surface area contributed by atoms with E-state index in [0.29, 0.717) is 0 Å². The van der Waals surface area contributed by atoms with Crippen LogP contribution in [0.1, 0.15) is 0 Å². The van der Waals surface area contributed by atoms with E-state index in [0.717, 1.165) is 18.3 Å². The first kappa shape index (κ1) is 12.4. The van der Waals surface area contributed by atoms with Gasteiger partial charge in [-0.2, -0.15) is 8.78 Å². The molecule has 1 unspecified atom stereocenters. The molecular formula is C7H4ClF4NOS. The Morgan fingerprint density at radius 3 is 2.40 bits per heavy atom. The number of alkyl halides is 4. The molecule has 8 heteroatoms. The van der Waals surface area contributed by atoms with Crippen molar-refractivity contribution in [1.82, 2.24) is 4.98 Å². The van der Waals surface area contributed by atoms with Crippen molar-refractivity contribution in [2.24, 2.45) is 0 Å². The van der Waals surface area contributed by atoms with E-state index >= 15 is 0 Å². The molecule has 0 fully saturated rings. The largest absolute Gasteiger partial charge is 0.386 e. The van der Waals surface area contributed by atoms with Gasteiger partial charge >= 0.3 is 11.7 Å². The molecule has 0 spiro atoms. The first-order valence-electron chi connectivity index (χ1n) is 3.55. The van der Waals surface area contributed by atoms with Crippen LogP contribution >= 0.6 is 11.6 Å². The Bertz CT molecular complexity index is 370. The van der Waals surface area contributed by atoms with Crippen LogP contribution in [0.2, 0.25) is 5.02 Å². The maximum atomic E-state index is 12.6. The van der Waals surface area contributed by atoms with Gasteiger partial charge in [-0.15, -0.1) is 0 Å². The van der Waals surface area contributed by atoms with Crippen LogP contribution in [0.4, 0.5) is 17.6 Å². The normalized spacial score (nSPS) is 14.3. The molecule has 0 saturated carbocycles. The number of pyridine rings is 1. The minimum atomic E-state index is -4.61. The van der Waals surface area contributed by atoms with Crippen molar-refractivity contribution in [3.63, 3.8) is 0 Å². The van der Waals surface area contributed by atoms with E-state index in [1.54, 1.807) is 0 Å². The van der Waals surface area contributed by atoms with Gasteiger partial charge in [0.05, 0.1) is 5.02 Å². The lowest BCUT2D eigenvalue weighted by Crippen LogP contribution is -2.32. The highest BCUT2D eigenvalue weighted by Crippen LogP contribution is 2.30. The highest BCUT2D eigenvalue weighted by Gasteiger charge is 2.48. The second-order valence-electron chi connectivity index (χ2n) is 2.45. The van der Waals surface area contributed by atoms with E-state index < -0.39 is 27.5 Å². The van der Waals surface area contributed by atoms with E-state index in [1.807, 2.05) is 0 Å². The summed E-state index contributed by atoms with van der Waals surface area (Å²) in [5.41, 5.74) is 0. The van der Waals surface area contributed by atoms with Crippen molar-refractivity contribution in [3.05, 3.63) is 23.4 Å². The molecule has 1 aromatic rings. The summed E-state index contributed by atoms with van der Waals surface area (Å²) in [6.07, 6.45) is -3.05. The van der Waals surface area contributed by atoms with Gasteiger partial charge in [0, 0.05) is 6.20 Å². The number of hydrogen-bond donors (Lipinski definition) is 0. The van der Waals surface area contributed by atoms with Gasteiger partial charge in [-0.1, -0.05) is 11.6 Å². The van der Waals surface area contributed by atoms with Crippen molar-refractivity contribution in [2.45, 2.75) is 16.7 Å². The quantitative estimate of drug-likeness (QED) is 0.783. The summed E-state index contributed by atoms with van der Waals surface area (Å²) < 4.78 is 59.9. The maximum absolute atomic E-state index is 12.6. The zero-order chi connectivity index (χ0) is 11.6. The first-order chi connectivity index (χ1) is 6.85. The fourth-order valence-corrected chi connectivity index (χ4v) is 1.58. The van der Waals surface area contributed by atoms with Gasteiger partial charge in [-0.25, -0.2) is 18.0 Å². The van der Waals surface area contributed by atoms with Crippen LogP contribution in [-0.2, 0) is 10.8 Å². The second kappa shape index (κ2) is 4.44. The third kappa shape index (κ3) is 2.66. The van der Waals surface area contributed by atoms with Gasteiger partial charge in [0.1, 0.15) is 15.8 Å². The topological polar surface area (TPSA) is 30.0 Å². The number of hydrogen-bond acceptors (Lipinski definition) is 2. The molecule has 1 aromatic heterocycles. The van der Waals surface area contributed by atoms with E-state index in [9.17, 15) is 21.8 Å². The van der Waals surface area contributed by atoms with Crippen LogP contribution in [0.5, 0.6) is 0 Å². The summed E-state index contributed by atoms with van der Waals surface area (Å²) in [6.45, 7) is 0. The fourth-order valence-electron chi connectivity index (χ4n) is 0.692. The first-order valence-corrected chi connectivity index (χ1v) is 5.08. The van der Waals surface area contributed by atoms with Crippen LogP contribution in [0, 0.1) is 0 Å². The van der Waals surface area contributed by atoms with Crippen molar-refractivity contribution < 1.29 is 21.8 Å². The van der Waals surface area contributed by atoms with E-state index in [1.165, 1.54) is 0 Å². The zero-order valence-electron chi connectivity index (χ0n) is 6.96. The van der Waals surface area contributed by atoms with Crippen LogP contribution in [0.25, 0.3) is 0 Å². The second-order valence-corrected chi connectivity index (χ2v) is 4.38. The molecule has 0 aliphatic rings. The van der Waals surface area contributed by atoms with Crippen LogP contribution in [0.3, 0.4) is 0 Å². The molecule has 1 heterocycles. The smallest absolute Gasteiger partial charge is 0.246 e. The Labute approximate surface area is 89.7 Å². The van der Waals surface area contributed by atoms with E-state index in [-0.39, 0.29) is 5.02 Å².